The van der Waals surface area contributed by atoms with Gasteiger partial charge in [-0.15, -0.1) is 0 Å². The number of ether oxygens (including phenoxy) is 1. The lowest BCUT2D eigenvalue weighted by molar-refractivity contribution is 0.178. The van der Waals surface area contributed by atoms with Crippen LogP contribution in [0, 0.1) is 17.7 Å². The van der Waals surface area contributed by atoms with E-state index in [1.54, 1.807) is 10.9 Å². The van der Waals surface area contributed by atoms with E-state index in [-0.39, 0.29) is 17.9 Å². The summed E-state index contributed by atoms with van der Waals surface area (Å²) in [6.07, 6.45) is 7.50. The SMILES string of the molecule is CC(C)n1cc(Nc2ncc(F)c(OC[C@H]3CC[C@H](C)CC3)n2)c(Cl)n1. The molecule has 26 heavy (non-hydrogen) atoms. The molecule has 1 N–H and O–H groups in total. The van der Waals surface area contributed by atoms with Gasteiger partial charge in [0.2, 0.25) is 11.8 Å². The highest BCUT2D eigenvalue weighted by atomic mass is 35.5. The minimum atomic E-state index is -0.566. The van der Waals surface area contributed by atoms with Gasteiger partial charge in [0, 0.05) is 6.04 Å². The van der Waals surface area contributed by atoms with Crippen LogP contribution in [-0.2, 0) is 0 Å². The second-order valence-corrected chi connectivity index (χ2v) is 7.67. The molecule has 0 spiro atoms. The zero-order chi connectivity index (χ0) is 18.7. The summed E-state index contributed by atoms with van der Waals surface area (Å²) in [6, 6.07) is 0.175. The molecule has 0 atom stereocenters. The maximum Gasteiger partial charge on any atom is 0.255 e. The summed E-state index contributed by atoms with van der Waals surface area (Å²) in [7, 11) is 0. The van der Waals surface area contributed by atoms with E-state index in [4.69, 9.17) is 16.3 Å². The van der Waals surface area contributed by atoms with Crippen molar-refractivity contribution in [3.63, 3.8) is 0 Å². The molecular weight excluding hydrogens is 357 g/mol. The highest BCUT2D eigenvalue weighted by Gasteiger charge is 2.20. The Morgan fingerprint density at radius 3 is 2.73 bits per heavy atom. The van der Waals surface area contributed by atoms with Crippen LogP contribution in [0.4, 0.5) is 16.0 Å². The van der Waals surface area contributed by atoms with Gasteiger partial charge in [0.05, 0.1) is 24.7 Å². The molecule has 0 bridgehead atoms. The van der Waals surface area contributed by atoms with E-state index in [1.165, 1.54) is 12.8 Å². The number of hydrogen-bond acceptors (Lipinski definition) is 5. The van der Waals surface area contributed by atoms with Gasteiger partial charge in [0.25, 0.3) is 5.88 Å². The van der Waals surface area contributed by atoms with Gasteiger partial charge in [-0.1, -0.05) is 31.4 Å². The van der Waals surface area contributed by atoms with Gasteiger partial charge in [-0.05, 0) is 38.5 Å². The Hall–Kier alpha value is -1.89. The van der Waals surface area contributed by atoms with Gasteiger partial charge in [-0.2, -0.15) is 14.5 Å². The maximum absolute atomic E-state index is 14.0. The summed E-state index contributed by atoms with van der Waals surface area (Å²) in [6.45, 7) is 6.75. The third-order valence-corrected chi connectivity index (χ3v) is 5.04. The highest BCUT2D eigenvalue weighted by Crippen LogP contribution is 2.29. The molecule has 0 aliphatic heterocycles. The summed E-state index contributed by atoms with van der Waals surface area (Å²) in [5.74, 6) is 0.853. The molecule has 2 aromatic rings. The fourth-order valence-electron chi connectivity index (χ4n) is 3.04. The molecule has 2 aromatic heterocycles. The molecule has 6 nitrogen and oxygen atoms in total. The molecule has 1 saturated carbocycles. The molecule has 0 aromatic carbocycles. The molecular formula is C18H25ClFN5O. The highest BCUT2D eigenvalue weighted by molar-refractivity contribution is 6.32. The molecule has 3 rings (SSSR count). The van der Waals surface area contributed by atoms with Crippen LogP contribution in [0.15, 0.2) is 12.4 Å². The Morgan fingerprint density at radius 1 is 1.35 bits per heavy atom. The lowest BCUT2D eigenvalue weighted by Crippen LogP contribution is -2.19. The van der Waals surface area contributed by atoms with Crippen LogP contribution in [0.25, 0.3) is 0 Å². The van der Waals surface area contributed by atoms with Crippen molar-refractivity contribution in [3.8, 4) is 5.88 Å². The van der Waals surface area contributed by atoms with E-state index in [9.17, 15) is 4.39 Å². The third kappa shape index (κ3) is 4.63. The molecule has 1 aliphatic carbocycles. The van der Waals surface area contributed by atoms with Crippen LogP contribution in [0.5, 0.6) is 5.88 Å². The van der Waals surface area contributed by atoms with Crippen LogP contribution in [0.2, 0.25) is 5.15 Å². The van der Waals surface area contributed by atoms with E-state index < -0.39 is 5.82 Å². The smallest absolute Gasteiger partial charge is 0.255 e. The molecule has 1 aliphatic rings. The summed E-state index contributed by atoms with van der Waals surface area (Å²) in [5.41, 5.74) is 0.569. The number of rotatable bonds is 6. The predicted octanol–water partition coefficient (Wildman–Crippen LogP) is 5.00. The number of hydrogen-bond donors (Lipinski definition) is 1. The first-order valence-corrected chi connectivity index (χ1v) is 9.47. The Bertz CT molecular complexity index is 743. The first kappa shape index (κ1) is 18.9. The molecule has 0 unspecified atom stereocenters. The number of nitrogens with one attached hydrogen (secondary N) is 1. The monoisotopic (exact) mass is 381 g/mol. The average molecular weight is 382 g/mol. The fourth-order valence-corrected chi connectivity index (χ4v) is 3.23. The first-order chi connectivity index (χ1) is 12.4. The van der Waals surface area contributed by atoms with Gasteiger partial charge >= 0.3 is 0 Å². The quantitative estimate of drug-likeness (QED) is 0.763. The Morgan fingerprint density at radius 2 is 2.08 bits per heavy atom. The lowest BCUT2D eigenvalue weighted by atomic mass is 9.83. The van der Waals surface area contributed by atoms with Crippen molar-refractivity contribution in [2.24, 2.45) is 11.8 Å². The second kappa shape index (κ2) is 8.20. The topological polar surface area (TPSA) is 64.9 Å². The van der Waals surface area contributed by atoms with Crippen molar-refractivity contribution in [3.05, 3.63) is 23.4 Å². The molecule has 2 heterocycles. The van der Waals surface area contributed by atoms with Gasteiger partial charge in [0.15, 0.2) is 5.15 Å². The number of nitrogens with zero attached hydrogens (tertiary/aromatic N) is 4. The van der Waals surface area contributed by atoms with Crippen LogP contribution < -0.4 is 10.1 Å². The summed E-state index contributed by atoms with van der Waals surface area (Å²) in [5, 5.41) is 7.49. The fraction of sp³-hybridized carbons (Fsp3) is 0.611. The van der Waals surface area contributed by atoms with E-state index in [0.29, 0.717) is 23.4 Å². The van der Waals surface area contributed by atoms with Crippen molar-refractivity contribution in [1.29, 1.82) is 0 Å². The Kier molecular flexibility index (Phi) is 5.96. The molecule has 0 saturated heterocycles. The Labute approximate surface area is 158 Å². The van der Waals surface area contributed by atoms with Gasteiger partial charge in [0.1, 0.15) is 0 Å². The van der Waals surface area contributed by atoms with E-state index in [0.717, 1.165) is 25.0 Å². The predicted molar refractivity (Wildman–Crippen MR) is 99.5 cm³/mol. The summed E-state index contributed by atoms with van der Waals surface area (Å²) < 4.78 is 21.4. The molecule has 8 heteroatoms. The van der Waals surface area contributed by atoms with Gasteiger partial charge in [-0.3, -0.25) is 4.68 Å². The molecule has 1 fully saturated rings. The van der Waals surface area contributed by atoms with Gasteiger partial charge < -0.3 is 10.1 Å². The molecule has 0 radical (unpaired) electrons. The van der Waals surface area contributed by atoms with Gasteiger partial charge in [-0.25, -0.2) is 4.98 Å². The van der Waals surface area contributed by atoms with E-state index >= 15 is 0 Å². The third-order valence-electron chi connectivity index (χ3n) is 4.77. The first-order valence-electron chi connectivity index (χ1n) is 9.09. The van der Waals surface area contributed by atoms with Crippen molar-refractivity contribution >= 4 is 23.2 Å². The van der Waals surface area contributed by atoms with Crippen LogP contribution in [0.3, 0.4) is 0 Å². The number of halogens is 2. The normalized spacial score (nSPS) is 20.4. The lowest BCUT2D eigenvalue weighted by Gasteiger charge is -2.25. The summed E-state index contributed by atoms with van der Waals surface area (Å²) in [4.78, 5) is 8.11. The van der Waals surface area contributed by atoms with Crippen molar-refractivity contribution in [2.45, 2.75) is 52.5 Å². The van der Waals surface area contributed by atoms with Crippen molar-refractivity contribution in [2.75, 3.05) is 11.9 Å². The van der Waals surface area contributed by atoms with Crippen molar-refractivity contribution in [1.82, 2.24) is 19.7 Å². The molecule has 0 amide bonds. The zero-order valence-corrected chi connectivity index (χ0v) is 16.1. The maximum atomic E-state index is 14.0. The zero-order valence-electron chi connectivity index (χ0n) is 15.4. The van der Waals surface area contributed by atoms with Crippen molar-refractivity contribution < 1.29 is 9.13 Å². The van der Waals surface area contributed by atoms with Crippen LogP contribution in [0.1, 0.15) is 52.5 Å². The average Bonchev–Trinajstić information content (AvgIpc) is 2.98. The van der Waals surface area contributed by atoms with E-state index in [1.807, 2.05) is 13.8 Å². The molecule has 142 valence electrons. The second-order valence-electron chi connectivity index (χ2n) is 7.32. The van der Waals surface area contributed by atoms with Crippen LogP contribution >= 0.6 is 11.6 Å². The summed E-state index contributed by atoms with van der Waals surface area (Å²) >= 11 is 6.13. The van der Waals surface area contributed by atoms with Crippen LogP contribution in [-0.4, -0.2) is 26.4 Å². The Balaban J connectivity index is 1.65. The largest absolute Gasteiger partial charge is 0.475 e. The number of aromatic nitrogens is 4. The minimum absolute atomic E-state index is 0.0338. The minimum Gasteiger partial charge on any atom is -0.475 e. The standard InChI is InChI=1S/C18H25ClFN5O/c1-11(2)25-9-15(16(19)24-25)22-18-21-8-14(20)17(23-18)26-10-13-6-4-12(3)5-7-13/h8-9,11-13H,4-7,10H2,1-3H3,(H,21,22,23)/t12-,13-. The number of anilines is 2. The van der Waals surface area contributed by atoms with E-state index in [2.05, 4.69) is 27.3 Å².